The lowest BCUT2D eigenvalue weighted by atomic mass is 10.3. The van der Waals surface area contributed by atoms with E-state index in [1.165, 1.54) is 12.3 Å². The summed E-state index contributed by atoms with van der Waals surface area (Å²) in [5.74, 6) is 0.314. The van der Waals surface area contributed by atoms with Gasteiger partial charge in [0.15, 0.2) is 0 Å². The Morgan fingerprint density at radius 2 is 2.05 bits per heavy atom. The first-order valence-corrected chi connectivity index (χ1v) is 8.15. The number of nitrogens with zero attached hydrogens (tertiary/aromatic N) is 1. The summed E-state index contributed by atoms with van der Waals surface area (Å²) in [4.78, 5) is -0.00954. The molecular weight excluding hydrogens is 400 g/mol. The van der Waals surface area contributed by atoms with Gasteiger partial charge in [0.05, 0.1) is 11.9 Å². The molecule has 9 heteroatoms. The molecule has 0 atom stereocenters. The molecule has 102 valence electrons. The molecule has 0 aliphatic carbocycles. The molecule has 1 aromatic heterocycles. The standard InChI is InChI=1S/C10H10Br2N4O2S/c1-5-4-14-15-10(5)16-19(17,18)9-7(12)2-6(11)3-8(9)13/h2-4H,13H2,1H3,(H2,14,15,16). The number of anilines is 2. The van der Waals surface area contributed by atoms with Gasteiger partial charge in [0.1, 0.15) is 10.7 Å². The van der Waals surface area contributed by atoms with Crippen LogP contribution in [0.1, 0.15) is 5.56 Å². The summed E-state index contributed by atoms with van der Waals surface area (Å²) in [5.41, 5.74) is 6.60. The number of nitrogens with two attached hydrogens (primary N) is 1. The maximum atomic E-state index is 12.3. The SMILES string of the molecule is Cc1cn[nH]c1NS(=O)(=O)c1c(N)cc(Br)cc1Br. The van der Waals surface area contributed by atoms with Gasteiger partial charge < -0.3 is 5.73 Å². The Hall–Kier alpha value is -1.06. The van der Waals surface area contributed by atoms with Gasteiger partial charge in [0.25, 0.3) is 10.0 Å². The van der Waals surface area contributed by atoms with Crippen LogP contribution >= 0.6 is 31.9 Å². The summed E-state index contributed by atoms with van der Waals surface area (Å²) in [6.07, 6.45) is 1.53. The van der Waals surface area contributed by atoms with Crippen molar-refractivity contribution in [2.45, 2.75) is 11.8 Å². The number of hydrogen-bond donors (Lipinski definition) is 3. The lowest BCUT2D eigenvalue weighted by Gasteiger charge is -2.11. The molecule has 1 aromatic carbocycles. The number of halogens is 2. The summed E-state index contributed by atoms with van der Waals surface area (Å²) in [5, 5.41) is 6.33. The Morgan fingerprint density at radius 3 is 2.58 bits per heavy atom. The Bertz CT molecular complexity index is 704. The van der Waals surface area contributed by atoms with E-state index in [4.69, 9.17) is 5.73 Å². The van der Waals surface area contributed by atoms with Crippen LogP contribution in [-0.4, -0.2) is 18.6 Å². The number of aromatic nitrogens is 2. The summed E-state index contributed by atoms with van der Waals surface area (Å²) >= 11 is 6.45. The molecule has 1 heterocycles. The van der Waals surface area contributed by atoms with Crippen LogP contribution in [0.3, 0.4) is 0 Å². The van der Waals surface area contributed by atoms with E-state index in [0.717, 1.165) is 0 Å². The summed E-state index contributed by atoms with van der Waals surface area (Å²) in [6, 6.07) is 3.14. The molecule has 0 aliphatic rings. The topological polar surface area (TPSA) is 101 Å². The zero-order valence-corrected chi connectivity index (χ0v) is 13.7. The molecule has 2 rings (SSSR count). The number of nitrogens with one attached hydrogen (secondary N) is 2. The van der Waals surface area contributed by atoms with Crippen LogP contribution in [0.15, 0.2) is 32.2 Å². The maximum Gasteiger partial charge on any atom is 0.266 e. The molecular formula is C10H10Br2N4O2S. The quantitative estimate of drug-likeness (QED) is 0.678. The van der Waals surface area contributed by atoms with Gasteiger partial charge in [-0.15, -0.1) is 0 Å². The van der Waals surface area contributed by atoms with Gasteiger partial charge in [-0.2, -0.15) is 5.10 Å². The molecule has 0 amide bonds. The molecule has 0 fully saturated rings. The molecule has 2 aromatic rings. The predicted octanol–water partition coefficient (Wildman–Crippen LogP) is 2.63. The van der Waals surface area contributed by atoms with Crippen LogP contribution in [0.5, 0.6) is 0 Å². The molecule has 0 aliphatic heterocycles. The number of nitrogen functional groups attached to an aromatic ring is 1. The average Bonchev–Trinajstić information content (AvgIpc) is 2.61. The molecule has 0 radical (unpaired) electrons. The van der Waals surface area contributed by atoms with Crippen molar-refractivity contribution in [1.29, 1.82) is 0 Å². The highest BCUT2D eigenvalue weighted by molar-refractivity contribution is 9.11. The first-order valence-electron chi connectivity index (χ1n) is 5.08. The lowest BCUT2D eigenvalue weighted by Crippen LogP contribution is -2.16. The lowest BCUT2D eigenvalue weighted by molar-refractivity contribution is 0.601. The number of hydrogen-bond acceptors (Lipinski definition) is 4. The Labute approximate surface area is 127 Å². The summed E-state index contributed by atoms with van der Waals surface area (Å²) < 4.78 is 28.1. The van der Waals surface area contributed by atoms with Gasteiger partial charge >= 0.3 is 0 Å². The third kappa shape index (κ3) is 2.93. The highest BCUT2D eigenvalue weighted by atomic mass is 79.9. The van der Waals surface area contributed by atoms with E-state index in [-0.39, 0.29) is 10.6 Å². The molecule has 0 saturated heterocycles. The molecule has 19 heavy (non-hydrogen) atoms. The van der Waals surface area contributed by atoms with E-state index in [1.54, 1.807) is 13.0 Å². The largest absolute Gasteiger partial charge is 0.398 e. The van der Waals surface area contributed by atoms with Crippen molar-refractivity contribution in [3.8, 4) is 0 Å². The van der Waals surface area contributed by atoms with E-state index < -0.39 is 10.0 Å². The monoisotopic (exact) mass is 408 g/mol. The van der Waals surface area contributed by atoms with Crippen molar-refractivity contribution < 1.29 is 8.42 Å². The Balaban J connectivity index is 2.49. The van der Waals surface area contributed by atoms with E-state index in [1.807, 2.05) is 0 Å². The van der Waals surface area contributed by atoms with E-state index in [9.17, 15) is 8.42 Å². The molecule has 6 nitrogen and oxygen atoms in total. The van der Waals surface area contributed by atoms with E-state index in [2.05, 4.69) is 46.8 Å². The minimum absolute atomic E-state index is 0.00954. The second kappa shape index (κ2) is 5.14. The Morgan fingerprint density at radius 1 is 1.37 bits per heavy atom. The van der Waals surface area contributed by atoms with Gasteiger partial charge in [-0.1, -0.05) is 15.9 Å². The molecule has 0 spiro atoms. The average molecular weight is 410 g/mol. The number of aryl methyl sites for hydroxylation is 1. The van der Waals surface area contributed by atoms with E-state index in [0.29, 0.717) is 20.3 Å². The van der Waals surface area contributed by atoms with E-state index >= 15 is 0 Å². The van der Waals surface area contributed by atoms with Crippen molar-refractivity contribution in [3.63, 3.8) is 0 Å². The van der Waals surface area contributed by atoms with Crippen LogP contribution in [0.4, 0.5) is 11.5 Å². The highest BCUT2D eigenvalue weighted by Gasteiger charge is 2.22. The van der Waals surface area contributed by atoms with Crippen molar-refractivity contribution in [2.75, 3.05) is 10.5 Å². The van der Waals surface area contributed by atoms with Crippen molar-refractivity contribution in [3.05, 3.63) is 32.8 Å². The van der Waals surface area contributed by atoms with Crippen LogP contribution < -0.4 is 10.5 Å². The fourth-order valence-corrected chi connectivity index (χ4v) is 4.66. The van der Waals surface area contributed by atoms with Crippen LogP contribution in [0.25, 0.3) is 0 Å². The third-order valence-corrected chi connectivity index (χ3v) is 5.18. The maximum absolute atomic E-state index is 12.3. The number of H-pyrrole nitrogens is 1. The van der Waals surface area contributed by atoms with Crippen molar-refractivity contribution >= 4 is 53.4 Å². The third-order valence-electron chi connectivity index (χ3n) is 2.37. The molecule has 0 bridgehead atoms. The van der Waals surface area contributed by atoms with Gasteiger partial charge in [-0.25, -0.2) is 8.42 Å². The zero-order valence-electron chi connectivity index (χ0n) is 9.74. The fraction of sp³-hybridized carbons (Fsp3) is 0.100. The van der Waals surface area contributed by atoms with Gasteiger partial charge in [0.2, 0.25) is 0 Å². The summed E-state index contributed by atoms with van der Waals surface area (Å²) in [6.45, 7) is 1.74. The van der Waals surface area contributed by atoms with Crippen molar-refractivity contribution in [1.82, 2.24) is 10.2 Å². The molecule has 0 saturated carbocycles. The van der Waals surface area contributed by atoms with Crippen LogP contribution in [0.2, 0.25) is 0 Å². The smallest absolute Gasteiger partial charge is 0.266 e. The minimum atomic E-state index is -3.80. The second-order valence-electron chi connectivity index (χ2n) is 3.84. The molecule has 4 N–H and O–H groups in total. The predicted molar refractivity (Wildman–Crippen MR) is 80.4 cm³/mol. The number of sulfonamides is 1. The van der Waals surface area contributed by atoms with Crippen molar-refractivity contribution in [2.24, 2.45) is 0 Å². The highest BCUT2D eigenvalue weighted by Crippen LogP contribution is 2.32. The normalized spacial score (nSPS) is 11.5. The second-order valence-corrected chi connectivity index (χ2v) is 7.23. The van der Waals surface area contributed by atoms with Crippen LogP contribution in [-0.2, 0) is 10.0 Å². The minimum Gasteiger partial charge on any atom is -0.398 e. The first-order chi connectivity index (χ1) is 8.81. The molecule has 0 unspecified atom stereocenters. The number of rotatable bonds is 3. The summed E-state index contributed by atoms with van der Waals surface area (Å²) in [7, 11) is -3.80. The van der Waals surface area contributed by atoms with Gasteiger partial charge in [-0.05, 0) is 35.0 Å². The van der Waals surface area contributed by atoms with Crippen LogP contribution in [0, 0.1) is 6.92 Å². The first kappa shape index (κ1) is 14.4. The zero-order chi connectivity index (χ0) is 14.2. The number of benzene rings is 1. The number of aromatic amines is 1. The fourth-order valence-electron chi connectivity index (χ4n) is 1.50. The Kier molecular flexibility index (Phi) is 3.88. The van der Waals surface area contributed by atoms with Gasteiger partial charge in [0, 0.05) is 14.5 Å². The van der Waals surface area contributed by atoms with Gasteiger partial charge in [-0.3, -0.25) is 9.82 Å².